The van der Waals surface area contributed by atoms with Crippen LogP contribution in [0.5, 0.6) is 0 Å². The Labute approximate surface area is 96.9 Å². The van der Waals surface area contributed by atoms with Crippen LogP contribution < -0.4 is 5.73 Å². The molecule has 4 N–H and O–H groups in total. The molecule has 0 bridgehead atoms. The number of nitrogens with two attached hydrogens (primary N) is 1. The van der Waals surface area contributed by atoms with Crippen molar-refractivity contribution in [2.24, 2.45) is 5.73 Å². The minimum atomic E-state index is -1.06. The third-order valence-corrected chi connectivity index (χ3v) is 3.01. The van der Waals surface area contributed by atoms with Crippen molar-refractivity contribution < 1.29 is 9.90 Å². The van der Waals surface area contributed by atoms with Gasteiger partial charge in [-0.2, -0.15) is 0 Å². The summed E-state index contributed by atoms with van der Waals surface area (Å²) in [6.07, 6.45) is 3.79. The number of carboxylic acids is 1. The monoisotopic (exact) mass is 232 g/mol. The van der Waals surface area contributed by atoms with Crippen LogP contribution in [-0.2, 0) is 4.79 Å². The average Bonchev–Trinajstić information content (AvgIpc) is 3.07. The van der Waals surface area contributed by atoms with E-state index in [1.807, 2.05) is 0 Å². The molecule has 0 radical (unpaired) electrons. The molecule has 1 fully saturated rings. The molecule has 6 heteroatoms. The molecule has 0 saturated heterocycles. The van der Waals surface area contributed by atoms with Gasteiger partial charge in [0.25, 0.3) is 0 Å². The van der Waals surface area contributed by atoms with Gasteiger partial charge in [0.1, 0.15) is 11.9 Å². The number of hydrogen-bond acceptors (Lipinski definition) is 4. The number of aliphatic carboxylic acids is 1. The second-order valence-corrected chi connectivity index (χ2v) is 4.31. The van der Waals surface area contributed by atoms with Crippen LogP contribution in [0.4, 0.5) is 0 Å². The molecule has 1 aliphatic rings. The van der Waals surface area contributed by atoms with Gasteiger partial charge in [-0.15, -0.1) is 0 Å². The SMILES string of the molecule is NC(C(=O)O)c1ccnc2nc(C3CC3)[nH]c12. The number of aromatic nitrogens is 3. The summed E-state index contributed by atoms with van der Waals surface area (Å²) in [5.74, 6) is 0.302. The maximum absolute atomic E-state index is 10.9. The van der Waals surface area contributed by atoms with Gasteiger partial charge in [-0.3, -0.25) is 4.79 Å². The van der Waals surface area contributed by atoms with Gasteiger partial charge in [-0.05, 0) is 18.9 Å². The fraction of sp³-hybridized carbons (Fsp3) is 0.364. The Hall–Kier alpha value is -1.95. The summed E-state index contributed by atoms with van der Waals surface area (Å²) >= 11 is 0. The number of nitrogens with one attached hydrogen (secondary N) is 1. The zero-order valence-electron chi connectivity index (χ0n) is 9.05. The number of hydrogen-bond donors (Lipinski definition) is 3. The Morgan fingerprint density at radius 3 is 3.00 bits per heavy atom. The number of fused-ring (bicyclic) bond motifs is 1. The molecule has 1 unspecified atom stereocenters. The number of carbonyl (C=O) groups is 1. The number of nitrogens with zero attached hydrogens (tertiary/aromatic N) is 2. The molecule has 17 heavy (non-hydrogen) atoms. The van der Waals surface area contributed by atoms with Gasteiger partial charge in [0, 0.05) is 17.7 Å². The van der Waals surface area contributed by atoms with Gasteiger partial charge < -0.3 is 15.8 Å². The lowest BCUT2D eigenvalue weighted by Gasteiger charge is -2.06. The van der Waals surface area contributed by atoms with E-state index in [0.29, 0.717) is 22.6 Å². The zero-order valence-corrected chi connectivity index (χ0v) is 9.05. The van der Waals surface area contributed by atoms with Crippen LogP contribution >= 0.6 is 0 Å². The largest absolute Gasteiger partial charge is 0.480 e. The molecule has 0 spiro atoms. The van der Waals surface area contributed by atoms with Gasteiger partial charge in [0.15, 0.2) is 5.65 Å². The van der Waals surface area contributed by atoms with Crippen molar-refractivity contribution in [3.05, 3.63) is 23.7 Å². The van der Waals surface area contributed by atoms with Gasteiger partial charge >= 0.3 is 5.97 Å². The molecule has 1 saturated carbocycles. The third-order valence-electron chi connectivity index (χ3n) is 3.01. The molecule has 1 aliphatic carbocycles. The fourth-order valence-corrected chi connectivity index (χ4v) is 1.89. The fourth-order valence-electron chi connectivity index (χ4n) is 1.89. The van der Waals surface area contributed by atoms with Crippen LogP contribution in [0.25, 0.3) is 11.2 Å². The zero-order chi connectivity index (χ0) is 12.0. The van der Waals surface area contributed by atoms with Crippen LogP contribution in [0.3, 0.4) is 0 Å². The van der Waals surface area contributed by atoms with Crippen molar-refractivity contribution in [2.45, 2.75) is 24.8 Å². The first-order chi connectivity index (χ1) is 8.16. The highest BCUT2D eigenvalue weighted by molar-refractivity contribution is 5.84. The molecular formula is C11H12N4O2. The van der Waals surface area contributed by atoms with E-state index < -0.39 is 12.0 Å². The highest BCUT2D eigenvalue weighted by atomic mass is 16.4. The summed E-state index contributed by atoms with van der Waals surface area (Å²) < 4.78 is 0. The summed E-state index contributed by atoms with van der Waals surface area (Å²) in [7, 11) is 0. The molecule has 6 nitrogen and oxygen atoms in total. The normalized spacial score (nSPS) is 17.2. The molecule has 0 amide bonds. The highest BCUT2D eigenvalue weighted by Crippen LogP contribution is 2.39. The first-order valence-electron chi connectivity index (χ1n) is 5.49. The van der Waals surface area contributed by atoms with E-state index in [1.165, 1.54) is 6.20 Å². The van der Waals surface area contributed by atoms with Crippen molar-refractivity contribution in [3.63, 3.8) is 0 Å². The molecule has 3 rings (SSSR count). The van der Waals surface area contributed by atoms with E-state index >= 15 is 0 Å². The maximum atomic E-state index is 10.9. The van der Waals surface area contributed by atoms with E-state index in [4.69, 9.17) is 10.8 Å². The predicted molar refractivity (Wildman–Crippen MR) is 60.4 cm³/mol. The van der Waals surface area contributed by atoms with Crippen molar-refractivity contribution in [3.8, 4) is 0 Å². The molecule has 1 atom stereocenters. The van der Waals surface area contributed by atoms with Crippen LogP contribution in [0.15, 0.2) is 12.3 Å². The Morgan fingerprint density at radius 2 is 2.35 bits per heavy atom. The minimum absolute atomic E-state index is 0.470. The Kier molecular flexibility index (Phi) is 2.12. The maximum Gasteiger partial charge on any atom is 0.325 e. The lowest BCUT2D eigenvalue weighted by molar-refractivity contribution is -0.138. The van der Waals surface area contributed by atoms with Gasteiger partial charge in [0.2, 0.25) is 0 Å². The Bertz CT molecular complexity index is 588. The van der Waals surface area contributed by atoms with Crippen molar-refractivity contribution >= 4 is 17.1 Å². The summed E-state index contributed by atoms with van der Waals surface area (Å²) in [6, 6.07) is 0.573. The molecular weight excluding hydrogens is 220 g/mol. The van der Waals surface area contributed by atoms with Crippen LogP contribution in [0.2, 0.25) is 0 Å². The first-order valence-corrected chi connectivity index (χ1v) is 5.49. The average molecular weight is 232 g/mol. The molecule has 2 aromatic rings. The van der Waals surface area contributed by atoms with E-state index in [9.17, 15) is 4.79 Å². The number of aromatic amines is 1. The molecule has 2 aromatic heterocycles. The number of carboxylic acid groups (broad SMARTS) is 1. The molecule has 88 valence electrons. The molecule has 0 aromatic carbocycles. The van der Waals surface area contributed by atoms with Crippen LogP contribution in [0, 0.1) is 0 Å². The summed E-state index contributed by atoms with van der Waals surface area (Å²) in [4.78, 5) is 22.5. The number of pyridine rings is 1. The van der Waals surface area contributed by atoms with Gasteiger partial charge in [-0.25, -0.2) is 9.97 Å². The van der Waals surface area contributed by atoms with E-state index in [0.717, 1.165) is 18.7 Å². The highest BCUT2D eigenvalue weighted by Gasteiger charge is 2.28. The third kappa shape index (κ3) is 1.66. The van der Waals surface area contributed by atoms with Gasteiger partial charge in [-0.1, -0.05) is 0 Å². The van der Waals surface area contributed by atoms with Crippen molar-refractivity contribution in [1.29, 1.82) is 0 Å². The summed E-state index contributed by atoms with van der Waals surface area (Å²) in [6.45, 7) is 0. The minimum Gasteiger partial charge on any atom is -0.480 e. The second-order valence-electron chi connectivity index (χ2n) is 4.31. The van der Waals surface area contributed by atoms with E-state index in [2.05, 4.69) is 15.0 Å². The van der Waals surface area contributed by atoms with E-state index in [1.54, 1.807) is 6.07 Å². The number of imidazole rings is 1. The predicted octanol–water partition coefficient (Wildman–Crippen LogP) is 0.920. The molecule has 2 heterocycles. The van der Waals surface area contributed by atoms with E-state index in [-0.39, 0.29) is 0 Å². The van der Waals surface area contributed by atoms with Crippen LogP contribution in [-0.4, -0.2) is 26.0 Å². The lowest BCUT2D eigenvalue weighted by atomic mass is 10.1. The Balaban J connectivity index is 2.14. The number of H-pyrrole nitrogens is 1. The lowest BCUT2D eigenvalue weighted by Crippen LogP contribution is -2.21. The second kappa shape index (κ2) is 3.53. The van der Waals surface area contributed by atoms with Crippen molar-refractivity contribution in [1.82, 2.24) is 15.0 Å². The van der Waals surface area contributed by atoms with Crippen molar-refractivity contribution in [2.75, 3.05) is 0 Å². The quantitative estimate of drug-likeness (QED) is 0.729. The Morgan fingerprint density at radius 1 is 1.59 bits per heavy atom. The number of rotatable bonds is 3. The summed E-state index contributed by atoms with van der Waals surface area (Å²) in [5.41, 5.74) is 7.34. The first kappa shape index (κ1) is 10.2. The summed E-state index contributed by atoms with van der Waals surface area (Å²) in [5, 5.41) is 8.94. The topological polar surface area (TPSA) is 105 Å². The smallest absolute Gasteiger partial charge is 0.325 e. The van der Waals surface area contributed by atoms with Gasteiger partial charge in [0.05, 0.1) is 5.52 Å². The standard InChI is InChI=1S/C11H12N4O2/c12-7(11(16)17)6-3-4-13-10-8(6)14-9(15-10)5-1-2-5/h3-5,7H,1-2,12H2,(H,16,17)(H,13,14,15). The van der Waals surface area contributed by atoms with Crippen LogP contribution in [0.1, 0.15) is 36.2 Å². The molecule has 0 aliphatic heterocycles.